The van der Waals surface area contributed by atoms with Gasteiger partial charge >= 0.3 is 6.03 Å². The molecule has 0 aliphatic carbocycles. The lowest BCUT2D eigenvalue weighted by Crippen LogP contribution is -2.48. The van der Waals surface area contributed by atoms with Crippen LogP contribution in [0.3, 0.4) is 0 Å². The van der Waals surface area contributed by atoms with Crippen molar-refractivity contribution in [3.63, 3.8) is 0 Å². The quantitative estimate of drug-likeness (QED) is 0.596. The Morgan fingerprint density at radius 1 is 0.966 bits per heavy atom. The Hall–Kier alpha value is -3.75. The predicted molar refractivity (Wildman–Crippen MR) is 110 cm³/mol. The van der Waals surface area contributed by atoms with Crippen molar-refractivity contribution >= 4 is 23.3 Å². The minimum absolute atomic E-state index is 0.109. The number of hydrogen-bond acceptors (Lipinski definition) is 5. The molecule has 0 bridgehead atoms. The number of carbonyl (C=O) groups is 2. The third-order valence-corrected chi connectivity index (χ3v) is 4.28. The van der Waals surface area contributed by atoms with Crippen molar-refractivity contribution in [3.05, 3.63) is 54.6 Å². The van der Waals surface area contributed by atoms with Crippen LogP contribution in [0.2, 0.25) is 0 Å². The zero-order chi connectivity index (χ0) is 20.8. The molecule has 9 heteroatoms. The van der Waals surface area contributed by atoms with Crippen molar-refractivity contribution in [1.29, 1.82) is 0 Å². The number of para-hydroxylation sites is 1. The molecule has 1 unspecified atom stereocenters. The summed E-state index contributed by atoms with van der Waals surface area (Å²) in [5, 5.41) is 19.7. The number of carbonyl (C=O) groups excluding carboxylic acids is 2. The summed E-state index contributed by atoms with van der Waals surface area (Å²) in [7, 11) is 1.74. The maximum absolute atomic E-state index is 12.8. The molecular weight excluding hydrogens is 370 g/mol. The van der Waals surface area contributed by atoms with E-state index in [2.05, 4.69) is 31.5 Å². The Bertz CT molecular complexity index is 985. The molecule has 0 fully saturated rings. The monoisotopic (exact) mass is 393 g/mol. The van der Waals surface area contributed by atoms with E-state index in [0.29, 0.717) is 17.2 Å². The van der Waals surface area contributed by atoms with Gasteiger partial charge in [0.15, 0.2) is 5.82 Å². The number of nitrogens with one attached hydrogen (secondary N) is 3. The Morgan fingerprint density at radius 3 is 2.34 bits per heavy atom. The molecule has 1 aromatic heterocycles. The first kappa shape index (κ1) is 20.0. The number of rotatable bonds is 6. The third kappa shape index (κ3) is 5.16. The summed E-state index contributed by atoms with van der Waals surface area (Å²) < 4.78 is 1.55. The Balaban J connectivity index is 1.68. The van der Waals surface area contributed by atoms with E-state index < -0.39 is 12.1 Å². The van der Waals surface area contributed by atoms with Crippen LogP contribution < -0.4 is 16.0 Å². The second kappa shape index (κ2) is 8.96. The summed E-state index contributed by atoms with van der Waals surface area (Å²) in [6, 6.07) is 15.1. The normalized spacial score (nSPS) is 11.7. The number of aromatic nitrogens is 4. The number of amides is 3. The Morgan fingerprint density at radius 2 is 1.69 bits per heavy atom. The molecule has 150 valence electrons. The molecule has 1 heterocycles. The molecule has 3 amide bonds. The highest BCUT2D eigenvalue weighted by Crippen LogP contribution is 2.20. The van der Waals surface area contributed by atoms with Crippen LogP contribution in [-0.4, -0.2) is 38.2 Å². The van der Waals surface area contributed by atoms with E-state index in [9.17, 15) is 9.59 Å². The number of tetrazole rings is 1. The van der Waals surface area contributed by atoms with Crippen LogP contribution in [0.5, 0.6) is 0 Å². The van der Waals surface area contributed by atoms with Gasteiger partial charge in [-0.25, -0.2) is 9.48 Å². The number of nitrogens with zero attached hydrogens (tertiary/aromatic N) is 4. The first-order valence-corrected chi connectivity index (χ1v) is 9.20. The summed E-state index contributed by atoms with van der Waals surface area (Å²) in [6.07, 6.45) is 0. The van der Waals surface area contributed by atoms with Crippen molar-refractivity contribution in [2.75, 3.05) is 10.6 Å². The van der Waals surface area contributed by atoms with Crippen molar-refractivity contribution in [2.45, 2.75) is 19.9 Å². The molecule has 0 aliphatic rings. The first-order chi connectivity index (χ1) is 13.9. The summed E-state index contributed by atoms with van der Waals surface area (Å²) in [5.74, 6) is 0.168. The highest BCUT2D eigenvalue weighted by Gasteiger charge is 2.24. The van der Waals surface area contributed by atoms with Gasteiger partial charge in [0.1, 0.15) is 6.04 Å². The molecule has 3 N–H and O–H groups in total. The fraction of sp³-hybridized carbons (Fsp3) is 0.250. The first-order valence-electron chi connectivity index (χ1n) is 9.20. The van der Waals surface area contributed by atoms with Crippen LogP contribution in [-0.2, 0) is 11.8 Å². The summed E-state index contributed by atoms with van der Waals surface area (Å²) >= 11 is 0. The van der Waals surface area contributed by atoms with E-state index in [4.69, 9.17) is 0 Å². The van der Waals surface area contributed by atoms with Crippen LogP contribution >= 0.6 is 0 Å². The summed E-state index contributed by atoms with van der Waals surface area (Å²) in [5.41, 5.74) is 2.01. The van der Waals surface area contributed by atoms with Crippen LogP contribution in [0.25, 0.3) is 11.4 Å². The molecule has 0 saturated carbocycles. The number of benzene rings is 2. The van der Waals surface area contributed by atoms with Gasteiger partial charge in [-0.2, -0.15) is 0 Å². The van der Waals surface area contributed by atoms with Gasteiger partial charge in [0.2, 0.25) is 5.91 Å². The summed E-state index contributed by atoms with van der Waals surface area (Å²) in [4.78, 5) is 25.1. The number of aryl methyl sites for hydroxylation is 1. The molecule has 1 atom stereocenters. The van der Waals surface area contributed by atoms with E-state index >= 15 is 0 Å². The van der Waals surface area contributed by atoms with Gasteiger partial charge in [0, 0.05) is 24.0 Å². The van der Waals surface area contributed by atoms with E-state index in [1.54, 1.807) is 42.1 Å². The SMILES string of the molecule is CC(C)C(NC(=O)Nc1ccccc1)C(=O)Nc1cccc(-c2nnnn2C)c1. The van der Waals surface area contributed by atoms with E-state index in [1.165, 1.54) is 0 Å². The molecule has 9 nitrogen and oxygen atoms in total. The van der Waals surface area contributed by atoms with Gasteiger partial charge in [-0.05, 0) is 40.6 Å². The van der Waals surface area contributed by atoms with Gasteiger partial charge in [-0.1, -0.05) is 44.2 Å². The van der Waals surface area contributed by atoms with Gasteiger partial charge in [-0.3, -0.25) is 4.79 Å². The number of anilines is 2. The molecule has 2 aromatic carbocycles. The average Bonchev–Trinajstić information content (AvgIpc) is 3.13. The van der Waals surface area contributed by atoms with E-state index in [1.807, 2.05) is 38.1 Å². The lowest BCUT2D eigenvalue weighted by atomic mass is 10.0. The largest absolute Gasteiger partial charge is 0.326 e. The third-order valence-electron chi connectivity index (χ3n) is 4.28. The van der Waals surface area contributed by atoms with Crippen LogP contribution in [0.4, 0.5) is 16.2 Å². The molecule has 3 rings (SSSR count). The highest BCUT2D eigenvalue weighted by molar-refractivity contribution is 5.99. The lowest BCUT2D eigenvalue weighted by molar-refractivity contribution is -0.118. The standard InChI is InChI=1S/C20H23N7O2/c1-13(2)17(23-20(29)22-15-9-5-4-6-10-15)19(28)21-16-11-7-8-14(12-16)18-24-25-26-27(18)3/h4-13,17H,1-3H3,(H,21,28)(H2,22,23,29). The second-order valence-electron chi connectivity index (χ2n) is 6.88. The Kier molecular flexibility index (Phi) is 6.18. The Labute approximate surface area is 168 Å². The zero-order valence-electron chi connectivity index (χ0n) is 16.5. The second-order valence-corrected chi connectivity index (χ2v) is 6.88. The number of hydrogen-bond donors (Lipinski definition) is 3. The molecule has 3 aromatic rings. The van der Waals surface area contributed by atoms with E-state index in [-0.39, 0.29) is 11.8 Å². The molecule has 0 spiro atoms. The van der Waals surface area contributed by atoms with Crippen LogP contribution in [0.15, 0.2) is 54.6 Å². The van der Waals surface area contributed by atoms with Crippen LogP contribution in [0, 0.1) is 5.92 Å². The van der Waals surface area contributed by atoms with Crippen LogP contribution in [0.1, 0.15) is 13.8 Å². The fourth-order valence-electron chi connectivity index (χ4n) is 2.79. The van der Waals surface area contributed by atoms with Crippen molar-refractivity contribution < 1.29 is 9.59 Å². The average molecular weight is 393 g/mol. The van der Waals surface area contributed by atoms with Crippen molar-refractivity contribution in [1.82, 2.24) is 25.5 Å². The maximum Gasteiger partial charge on any atom is 0.319 e. The summed E-state index contributed by atoms with van der Waals surface area (Å²) in [6.45, 7) is 3.74. The van der Waals surface area contributed by atoms with Crippen molar-refractivity contribution in [2.24, 2.45) is 13.0 Å². The molecule has 29 heavy (non-hydrogen) atoms. The van der Waals surface area contributed by atoms with Gasteiger partial charge in [0.25, 0.3) is 0 Å². The smallest absolute Gasteiger partial charge is 0.319 e. The molecule has 0 aliphatic heterocycles. The van der Waals surface area contributed by atoms with Gasteiger partial charge in [0.05, 0.1) is 0 Å². The fourth-order valence-corrected chi connectivity index (χ4v) is 2.79. The topological polar surface area (TPSA) is 114 Å². The van der Waals surface area contributed by atoms with Gasteiger partial charge in [-0.15, -0.1) is 5.10 Å². The minimum atomic E-state index is -0.709. The van der Waals surface area contributed by atoms with Gasteiger partial charge < -0.3 is 16.0 Å². The predicted octanol–water partition coefficient (Wildman–Crippen LogP) is 2.66. The highest BCUT2D eigenvalue weighted by atomic mass is 16.2. The van der Waals surface area contributed by atoms with Crippen molar-refractivity contribution in [3.8, 4) is 11.4 Å². The maximum atomic E-state index is 12.8. The minimum Gasteiger partial charge on any atom is -0.326 e. The molecule has 0 saturated heterocycles. The zero-order valence-corrected chi connectivity index (χ0v) is 16.5. The molecule has 0 radical (unpaired) electrons. The number of urea groups is 1. The van der Waals surface area contributed by atoms with E-state index in [0.717, 1.165) is 5.56 Å². The molecular formula is C20H23N7O2. The lowest BCUT2D eigenvalue weighted by Gasteiger charge is -2.22.